The molecule has 1 saturated heterocycles. The lowest BCUT2D eigenvalue weighted by Crippen LogP contribution is -2.11. The Kier molecular flexibility index (Phi) is 2.91. The van der Waals surface area contributed by atoms with Crippen molar-refractivity contribution in [2.24, 2.45) is 5.10 Å². The van der Waals surface area contributed by atoms with E-state index in [4.69, 9.17) is 0 Å². The van der Waals surface area contributed by atoms with Crippen molar-refractivity contribution < 1.29 is 0 Å². The van der Waals surface area contributed by atoms with Gasteiger partial charge in [0.2, 0.25) is 0 Å². The van der Waals surface area contributed by atoms with Gasteiger partial charge < -0.3 is 5.43 Å². The molecule has 0 radical (unpaired) electrons. The van der Waals surface area contributed by atoms with Crippen LogP contribution in [0.25, 0.3) is 0 Å². The maximum Gasteiger partial charge on any atom is 0.0394 e. The van der Waals surface area contributed by atoms with Crippen LogP contribution < -0.4 is 5.43 Å². The van der Waals surface area contributed by atoms with Crippen LogP contribution in [0.3, 0.4) is 0 Å². The molecule has 0 bridgehead atoms. The van der Waals surface area contributed by atoms with Gasteiger partial charge in [0.05, 0.1) is 0 Å². The highest BCUT2D eigenvalue weighted by Gasteiger charge is 2.05. The minimum atomic E-state index is 1.17. The largest absolute Gasteiger partial charge is 0.313 e. The highest BCUT2D eigenvalue weighted by molar-refractivity contribution is 7.99. The molecule has 52 valence electrons. The molecule has 1 rings (SSSR count). The van der Waals surface area contributed by atoms with Crippen LogP contribution in [0, 0.1) is 0 Å². The van der Waals surface area contributed by atoms with Gasteiger partial charge in [-0.1, -0.05) is 0 Å². The topological polar surface area (TPSA) is 24.4 Å². The van der Waals surface area contributed by atoms with Crippen LogP contribution in [0.15, 0.2) is 5.10 Å². The number of hydrogen-bond donors (Lipinski definition) is 1. The van der Waals surface area contributed by atoms with Crippen LogP contribution in [-0.2, 0) is 0 Å². The first kappa shape index (κ1) is 6.93. The maximum atomic E-state index is 4.14. The van der Waals surface area contributed by atoms with Gasteiger partial charge in [-0.2, -0.15) is 16.9 Å². The SMILES string of the molecule is CNN=C1CCSCC1. The summed E-state index contributed by atoms with van der Waals surface area (Å²) in [4.78, 5) is 0. The van der Waals surface area contributed by atoms with E-state index in [1.54, 1.807) is 0 Å². The number of nitrogens with zero attached hydrogens (tertiary/aromatic N) is 1. The monoisotopic (exact) mass is 144 g/mol. The van der Waals surface area contributed by atoms with Crippen molar-refractivity contribution in [2.75, 3.05) is 18.6 Å². The number of hydrazone groups is 1. The minimum absolute atomic E-state index is 1.17. The summed E-state index contributed by atoms with van der Waals surface area (Å²) < 4.78 is 0. The molecule has 0 spiro atoms. The smallest absolute Gasteiger partial charge is 0.0394 e. The molecule has 1 N–H and O–H groups in total. The fourth-order valence-electron chi connectivity index (χ4n) is 0.877. The Balaban J connectivity index is 2.30. The predicted molar refractivity (Wildman–Crippen MR) is 43.1 cm³/mol. The fraction of sp³-hybridized carbons (Fsp3) is 0.833. The number of thioether (sulfide) groups is 1. The van der Waals surface area contributed by atoms with Crippen molar-refractivity contribution in [1.82, 2.24) is 5.43 Å². The van der Waals surface area contributed by atoms with Gasteiger partial charge >= 0.3 is 0 Å². The van der Waals surface area contributed by atoms with Crippen molar-refractivity contribution in [3.8, 4) is 0 Å². The molecule has 0 saturated carbocycles. The molecule has 0 aromatic rings. The molecule has 9 heavy (non-hydrogen) atoms. The molecule has 1 aliphatic heterocycles. The Morgan fingerprint density at radius 1 is 1.44 bits per heavy atom. The summed E-state index contributed by atoms with van der Waals surface area (Å²) in [7, 11) is 1.86. The second kappa shape index (κ2) is 3.77. The quantitative estimate of drug-likeness (QED) is 0.557. The Bertz CT molecular complexity index is 104. The second-order valence-electron chi connectivity index (χ2n) is 2.01. The van der Waals surface area contributed by atoms with E-state index in [2.05, 4.69) is 10.5 Å². The Morgan fingerprint density at radius 3 is 2.67 bits per heavy atom. The van der Waals surface area contributed by atoms with Crippen molar-refractivity contribution in [1.29, 1.82) is 0 Å². The van der Waals surface area contributed by atoms with Gasteiger partial charge in [-0.25, -0.2) is 0 Å². The zero-order chi connectivity index (χ0) is 6.53. The first-order valence-corrected chi connectivity index (χ1v) is 4.39. The number of rotatable bonds is 1. The normalized spacial score (nSPS) is 19.4. The summed E-state index contributed by atoms with van der Waals surface area (Å²) in [6, 6.07) is 0. The van der Waals surface area contributed by atoms with Gasteiger partial charge in [0.25, 0.3) is 0 Å². The Labute approximate surface area is 60.1 Å². The highest BCUT2D eigenvalue weighted by atomic mass is 32.2. The number of hydrogen-bond acceptors (Lipinski definition) is 3. The summed E-state index contributed by atoms with van der Waals surface area (Å²) in [5.41, 5.74) is 4.15. The first-order chi connectivity index (χ1) is 4.43. The standard InChI is InChI=1S/C6H12N2S/c1-7-8-6-2-4-9-5-3-6/h7H,2-5H2,1H3. The van der Waals surface area contributed by atoms with E-state index >= 15 is 0 Å². The summed E-state index contributed by atoms with van der Waals surface area (Å²) in [6.07, 6.45) is 2.34. The molecule has 0 aromatic heterocycles. The zero-order valence-electron chi connectivity index (χ0n) is 5.68. The summed E-state index contributed by atoms with van der Waals surface area (Å²) >= 11 is 2.02. The van der Waals surface area contributed by atoms with Crippen LogP contribution in [0.2, 0.25) is 0 Å². The Morgan fingerprint density at radius 2 is 2.11 bits per heavy atom. The van der Waals surface area contributed by atoms with Crippen molar-refractivity contribution >= 4 is 17.5 Å². The molecule has 0 amide bonds. The molecule has 1 fully saturated rings. The zero-order valence-corrected chi connectivity index (χ0v) is 6.50. The Hall–Kier alpha value is -0.180. The molecule has 0 atom stereocenters. The van der Waals surface area contributed by atoms with Gasteiger partial charge in [-0.05, 0) is 24.3 Å². The van der Waals surface area contributed by atoms with E-state index in [1.165, 1.54) is 30.1 Å². The maximum absolute atomic E-state index is 4.14. The first-order valence-electron chi connectivity index (χ1n) is 3.23. The molecule has 0 unspecified atom stereocenters. The van der Waals surface area contributed by atoms with E-state index in [9.17, 15) is 0 Å². The van der Waals surface area contributed by atoms with Crippen LogP contribution >= 0.6 is 11.8 Å². The third-order valence-corrected chi connectivity index (χ3v) is 2.33. The van der Waals surface area contributed by atoms with Crippen LogP contribution in [-0.4, -0.2) is 24.3 Å². The van der Waals surface area contributed by atoms with E-state index in [1.807, 2.05) is 18.8 Å². The molecular weight excluding hydrogens is 132 g/mol. The summed E-state index contributed by atoms with van der Waals surface area (Å²) in [6.45, 7) is 0. The van der Waals surface area contributed by atoms with Crippen molar-refractivity contribution in [2.45, 2.75) is 12.8 Å². The van der Waals surface area contributed by atoms with Crippen LogP contribution in [0.4, 0.5) is 0 Å². The molecule has 1 heterocycles. The number of nitrogens with one attached hydrogen (secondary N) is 1. The van der Waals surface area contributed by atoms with E-state index < -0.39 is 0 Å². The molecule has 0 aliphatic carbocycles. The van der Waals surface area contributed by atoms with Crippen LogP contribution in [0.5, 0.6) is 0 Å². The minimum Gasteiger partial charge on any atom is -0.313 e. The van der Waals surface area contributed by atoms with Crippen molar-refractivity contribution in [3.63, 3.8) is 0 Å². The van der Waals surface area contributed by atoms with Crippen molar-refractivity contribution in [3.05, 3.63) is 0 Å². The molecule has 0 aromatic carbocycles. The third kappa shape index (κ3) is 2.26. The van der Waals surface area contributed by atoms with E-state index in [0.29, 0.717) is 0 Å². The van der Waals surface area contributed by atoms with E-state index in [-0.39, 0.29) is 0 Å². The summed E-state index contributed by atoms with van der Waals surface area (Å²) in [5, 5.41) is 4.14. The molecular formula is C6H12N2S. The van der Waals surface area contributed by atoms with Gasteiger partial charge in [0.1, 0.15) is 0 Å². The molecule has 1 aliphatic rings. The van der Waals surface area contributed by atoms with E-state index in [0.717, 1.165) is 0 Å². The second-order valence-corrected chi connectivity index (χ2v) is 3.24. The lowest BCUT2D eigenvalue weighted by Gasteiger charge is -2.10. The third-order valence-electron chi connectivity index (χ3n) is 1.34. The van der Waals surface area contributed by atoms with Crippen LogP contribution in [0.1, 0.15) is 12.8 Å². The highest BCUT2D eigenvalue weighted by Crippen LogP contribution is 2.13. The fourth-order valence-corrected chi connectivity index (χ4v) is 1.84. The summed E-state index contributed by atoms with van der Waals surface area (Å²) in [5.74, 6) is 2.50. The van der Waals surface area contributed by atoms with Gasteiger partial charge in [0.15, 0.2) is 0 Å². The van der Waals surface area contributed by atoms with Gasteiger partial charge in [-0.3, -0.25) is 0 Å². The average Bonchev–Trinajstić information content (AvgIpc) is 1.91. The predicted octanol–water partition coefficient (Wildman–Crippen LogP) is 1.09. The van der Waals surface area contributed by atoms with Gasteiger partial charge in [0, 0.05) is 12.8 Å². The van der Waals surface area contributed by atoms with Gasteiger partial charge in [-0.15, -0.1) is 0 Å². The molecule has 3 heteroatoms. The molecule has 2 nitrogen and oxygen atoms in total. The lowest BCUT2D eigenvalue weighted by atomic mass is 10.2. The lowest BCUT2D eigenvalue weighted by molar-refractivity contribution is 0.879. The average molecular weight is 144 g/mol.